The van der Waals surface area contributed by atoms with Gasteiger partial charge in [0.15, 0.2) is 0 Å². The van der Waals surface area contributed by atoms with E-state index in [9.17, 15) is 18.0 Å². The lowest BCUT2D eigenvalue weighted by Crippen LogP contribution is -2.15. The number of carbonyl (C=O) groups is 1. The van der Waals surface area contributed by atoms with Crippen LogP contribution in [0.1, 0.15) is 12.0 Å². The van der Waals surface area contributed by atoms with E-state index in [-0.39, 0.29) is 24.4 Å². The number of hydrogen-bond donors (Lipinski definition) is 3. The van der Waals surface area contributed by atoms with Crippen LogP contribution in [-0.4, -0.2) is 17.6 Å². The lowest BCUT2D eigenvalue weighted by molar-refractivity contribution is -0.137. The maximum atomic E-state index is 12.3. The van der Waals surface area contributed by atoms with Crippen molar-refractivity contribution in [2.24, 2.45) is 0 Å². The van der Waals surface area contributed by atoms with Crippen LogP contribution in [0.4, 0.5) is 24.5 Å². The Balaban J connectivity index is 2.87. The van der Waals surface area contributed by atoms with Crippen molar-refractivity contribution in [3.05, 3.63) is 23.8 Å². The second-order valence-corrected chi connectivity index (χ2v) is 3.32. The monoisotopic (exact) mass is 248 g/mol. The second-order valence-electron chi connectivity index (χ2n) is 3.32. The molecule has 0 spiro atoms. The molecule has 0 saturated carbocycles. The normalized spacial score (nSPS) is 11.3. The second kappa shape index (κ2) is 5.05. The Bertz CT molecular complexity index is 419. The summed E-state index contributed by atoms with van der Waals surface area (Å²) in [5.74, 6) is -0.515. The van der Waals surface area contributed by atoms with Gasteiger partial charge in [0, 0.05) is 0 Å². The third kappa shape index (κ3) is 3.63. The molecule has 0 heterocycles. The summed E-state index contributed by atoms with van der Waals surface area (Å²) in [7, 11) is 0. The molecule has 0 aliphatic carbocycles. The quantitative estimate of drug-likeness (QED) is 0.711. The Morgan fingerprint density at radius 3 is 2.53 bits per heavy atom. The van der Waals surface area contributed by atoms with Gasteiger partial charge in [-0.15, -0.1) is 0 Å². The fourth-order valence-corrected chi connectivity index (χ4v) is 1.17. The summed E-state index contributed by atoms with van der Waals surface area (Å²) in [6.45, 7) is -0.341. The van der Waals surface area contributed by atoms with E-state index in [4.69, 9.17) is 10.8 Å². The lowest BCUT2D eigenvalue weighted by atomic mass is 10.1. The van der Waals surface area contributed by atoms with Crippen LogP contribution in [0.2, 0.25) is 0 Å². The molecule has 0 unspecified atom stereocenters. The highest BCUT2D eigenvalue weighted by molar-refractivity contribution is 5.93. The average Bonchev–Trinajstić information content (AvgIpc) is 2.20. The fourth-order valence-electron chi connectivity index (χ4n) is 1.17. The number of anilines is 2. The smallest absolute Gasteiger partial charge is 0.397 e. The summed E-state index contributed by atoms with van der Waals surface area (Å²) in [5, 5.41) is 10.8. The first-order chi connectivity index (χ1) is 7.84. The zero-order chi connectivity index (χ0) is 13.1. The third-order valence-electron chi connectivity index (χ3n) is 1.99. The molecule has 4 nitrogen and oxygen atoms in total. The van der Waals surface area contributed by atoms with Crippen molar-refractivity contribution >= 4 is 17.3 Å². The highest BCUT2D eigenvalue weighted by Gasteiger charge is 2.30. The maximum Gasteiger partial charge on any atom is 0.416 e. The van der Waals surface area contributed by atoms with Gasteiger partial charge >= 0.3 is 6.18 Å². The highest BCUT2D eigenvalue weighted by atomic mass is 19.4. The number of alkyl halides is 3. The van der Waals surface area contributed by atoms with Gasteiger partial charge in [0.25, 0.3) is 0 Å². The summed E-state index contributed by atoms with van der Waals surface area (Å²) >= 11 is 0. The molecule has 0 aromatic heterocycles. The summed E-state index contributed by atoms with van der Waals surface area (Å²) in [5.41, 5.74) is 4.42. The molecule has 7 heteroatoms. The molecule has 0 bridgehead atoms. The Labute approximate surface area is 95.2 Å². The van der Waals surface area contributed by atoms with Gasteiger partial charge in [-0.05, 0) is 18.2 Å². The van der Waals surface area contributed by atoms with Crippen LogP contribution in [-0.2, 0) is 11.0 Å². The minimum Gasteiger partial charge on any atom is -0.397 e. The number of aliphatic hydroxyl groups excluding tert-OH is 1. The molecule has 1 aromatic carbocycles. The number of nitrogens with two attached hydrogens (primary N) is 1. The van der Waals surface area contributed by atoms with Crippen LogP contribution in [0.25, 0.3) is 0 Å². The minimum absolute atomic E-state index is 0.0939. The van der Waals surface area contributed by atoms with Gasteiger partial charge < -0.3 is 16.2 Å². The number of nitrogens with one attached hydrogen (secondary N) is 1. The Hall–Kier alpha value is -1.76. The first-order valence-corrected chi connectivity index (χ1v) is 4.72. The number of halogens is 3. The van der Waals surface area contributed by atoms with E-state index in [1.807, 2.05) is 0 Å². The average molecular weight is 248 g/mol. The number of rotatable bonds is 3. The van der Waals surface area contributed by atoms with E-state index >= 15 is 0 Å². The molecule has 0 radical (unpaired) electrons. The van der Waals surface area contributed by atoms with Gasteiger partial charge in [-0.3, -0.25) is 4.79 Å². The Morgan fingerprint density at radius 1 is 1.41 bits per heavy atom. The fraction of sp³-hybridized carbons (Fsp3) is 0.300. The largest absolute Gasteiger partial charge is 0.416 e. The van der Waals surface area contributed by atoms with Crippen molar-refractivity contribution in [1.29, 1.82) is 0 Å². The molecular weight excluding hydrogens is 237 g/mol. The molecule has 0 aliphatic heterocycles. The Kier molecular flexibility index (Phi) is 3.95. The van der Waals surface area contributed by atoms with Crippen molar-refractivity contribution in [2.45, 2.75) is 12.6 Å². The molecule has 17 heavy (non-hydrogen) atoms. The molecule has 4 N–H and O–H groups in total. The zero-order valence-corrected chi connectivity index (χ0v) is 8.71. The van der Waals surface area contributed by atoms with Gasteiger partial charge in [0.05, 0.1) is 30.0 Å². The van der Waals surface area contributed by atoms with Gasteiger partial charge in [0.1, 0.15) is 0 Å². The SMILES string of the molecule is Nc1cc(C(F)(F)F)ccc1NC(=O)CCO. The number of carbonyl (C=O) groups excluding carboxylic acids is 1. The number of hydrogen-bond acceptors (Lipinski definition) is 3. The minimum atomic E-state index is -4.47. The molecule has 1 rings (SSSR count). The van der Waals surface area contributed by atoms with E-state index < -0.39 is 17.6 Å². The molecule has 1 aromatic rings. The van der Waals surface area contributed by atoms with Crippen molar-refractivity contribution < 1.29 is 23.1 Å². The first-order valence-electron chi connectivity index (χ1n) is 4.72. The van der Waals surface area contributed by atoms with Crippen molar-refractivity contribution in [3.63, 3.8) is 0 Å². The lowest BCUT2D eigenvalue weighted by Gasteiger charge is -2.11. The number of aliphatic hydroxyl groups is 1. The third-order valence-corrected chi connectivity index (χ3v) is 1.99. The highest BCUT2D eigenvalue weighted by Crippen LogP contribution is 2.32. The maximum absolute atomic E-state index is 12.3. The van der Waals surface area contributed by atoms with Crippen LogP contribution < -0.4 is 11.1 Å². The van der Waals surface area contributed by atoms with E-state index in [2.05, 4.69) is 5.32 Å². The van der Waals surface area contributed by atoms with E-state index in [1.54, 1.807) is 0 Å². The summed E-state index contributed by atoms with van der Waals surface area (Å²) in [6, 6.07) is 2.65. The number of amides is 1. The van der Waals surface area contributed by atoms with Gasteiger partial charge in [-0.2, -0.15) is 13.2 Å². The van der Waals surface area contributed by atoms with Crippen LogP contribution in [0.3, 0.4) is 0 Å². The summed E-state index contributed by atoms with van der Waals surface area (Å²) in [4.78, 5) is 11.1. The van der Waals surface area contributed by atoms with Crippen LogP contribution in [0.5, 0.6) is 0 Å². The summed E-state index contributed by atoms with van der Waals surface area (Å²) in [6.07, 6.45) is -4.61. The van der Waals surface area contributed by atoms with Crippen LogP contribution >= 0.6 is 0 Å². The van der Waals surface area contributed by atoms with Gasteiger partial charge in [0.2, 0.25) is 5.91 Å². The van der Waals surface area contributed by atoms with Crippen LogP contribution in [0.15, 0.2) is 18.2 Å². The molecule has 0 aliphatic rings. The van der Waals surface area contributed by atoms with E-state index in [1.165, 1.54) is 0 Å². The summed E-state index contributed by atoms with van der Waals surface area (Å²) < 4.78 is 36.9. The molecular formula is C10H11F3N2O2. The number of benzene rings is 1. The molecule has 94 valence electrons. The van der Waals surface area contributed by atoms with Crippen molar-refractivity contribution in [1.82, 2.24) is 0 Å². The van der Waals surface area contributed by atoms with E-state index in [0.717, 1.165) is 18.2 Å². The molecule has 1 amide bonds. The van der Waals surface area contributed by atoms with E-state index in [0.29, 0.717) is 0 Å². The van der Waals surface area contributed by atoms with Crippen molar-refractivity contribution in [3.8, 4) is 0 Å². The topological polar surface area (TPSA) is 75.3 Å². The van der Waals surface area contributed by atoms with Crippen LogP contribution in [0, 0.1) is 0 Å². The molecule has 0 fully saturated rings. The van der Waals surface area contributed by atoms with Gasteiger partial charge in [-0.1, -0.05) is 0 Å². The standard InChI is InChI=1S/C10H11F3N2O2/c11-10(12,13)6-1-2-8(7(14)5-6)15-9(17)3-4-16/h1-2,5,16H,3-4,14H2,(H,15,17). The Morgan fingerprint density at radius 2 is 2.06 bits per heavy atom. The predicted octanol–water partition coefficient (Wildman–Crippen LogP) is 1.61. The zero-order valence-electron chi connectivity index (χ0n) is 8.71. The number of nitrogen functional groups attached to an aromatic ring is 1. The van der Waals surface area contributed by atoms with Crippen molar-refractivity contribution in [2.75, 3.05) is 17.7 Å². The predicted molar refractivity (Wildman–Crippen MR) is 56.2 cm³/mol. The van der Waals surface area contributed by atoms with Gasteiger partial charge in [-0.25, -0.2) is 0 Å². The molecule has 0 atom stereocenters. The first kappa shape index (κ1) is 13.3. The molecule has 0 saturated heterocycles.